The number of amidine groups is 1. The summed E-state index contributed by atoms with van der Waals surface area (Å²) >= 11 is 0. The molecule has 6 heteroatoms. The number of hydrogen-bond acceptors (Lipinski definition) is 4. The molecule has 0 fully saturated rings. The maximum Gasteiger partial charge on any atom is 0.224 e. The fourth-order valence-electron chi connectivity index (χ4n) is 2.98. The third kappa shape index (κ3) is 7.70. The molecule has 168 valence electrons. The number of aliphatic imine (C=N–C) groups is 1. The minimum Gasteiger partial charge on any atom is -0.457 e. The van der Waals surface area contributed by atoms with Crippen LogP contribution in [-0.4, -0.2) is 11.7 Å². The van der Waals surface area contributed by atoms with E-state index in [0.717, 1.165) is 34.3 Å². The van der Waals surface area contributed by atoms with Gasteiger partial charge in [-0.05, 0) is 67.6 Å². The zero-order chi connectivity index (χ0) is 23.5. The Bertz CT molecular complexity index is 1140. The molecule has 0 saturated heterocycles. The lowest BCUT2D eigenvalue weighted by Crippen LogP contribution is -2.12. The topological polar surface area (TPSA) is 74.8 Å². The van der Waals surface area contributed by atoms with Gasteiger partial charge in [-0.3, -0.25) is 4.79 Å². The summed E-state index contributed by atoms with van der Waals surface area (Å²) in [6, 6.07) is 24.9. The second-order valence-electron chi connectivity index (χ2n) is 7.20. The lowest BCUT2D eigenvalue weighted by molar-refractivity contribution is -0.115. The Morgan fingerprint density at radius 1 is 0.879 bits per heavy atom. The van der Waals surface area contributed by atoms with Gasteiger partial charge in [-0.25, -0.2) is 4.99 Å². The van der Waals surface area contributed by atoms with Gasteiger partial charge in [-0.15, -0.1) is 0 Å². The molecule has 0 spiro atoms. The summed E-state index contributed by atoms with van der Waals surface area (Å²) < 4.78 is 5.83. The first kappa shape index (κ1) is 23.3. The predicted octanol–water partition coefficient (Wildman–Crippen LogP) is 6.80. The van der Waals surface area contributed by atoms with Crippen molar-refractivity contribution in [1.82, 2.24) is 0 Å². The van der Waals surface area contributed by atoms with Crippen molar-refractivity contribution < 1.29 is 9.53 Å². The second-order valence-corrected chi connectivity index (χ2v) is 7.20. The molecule has 3 rings (SSSR count). The fourth-order valence-corrected chi connectivity index (χ4v) is 2.98. The number of nitrogens with zero attached hydrogens (tertiary/aromatic N) is 1. The van der Waals surface area contributed by atoms with Gasteiger partial charge >= 0.3 is 0 Å². The lowest BCUT2D eigenvalue weighted by atomic mass is 10.2. The number of hydrogen-bond donors (Lipinski definition) is 3. The number of carbonyl (C=O) groups is 1. The first-order valence-electron chi connectivity index (χ1n) is 10.7. The van der Waals surface area contributed by atoms with Crippen LogP contribution in [0, 0.1) is 0 Å². The third-order valence-corrected chi connectivity index (χ3v) is 4.50. The van der Waals surface area contributed by atoms with Gasteiger partial charge in [0.1, 0.15) is 17.3 Å². The Balaban J connectivity index is 1.65. The van der Waals surface area contributed by atoms with Crippen LogP contribution in [0.3, 0.4) is 0 Å². The molecule has 0 aliphatic rings. The number of para-hydroxylation sites is 1. The van der Waals surface area contributed by atoms with Crippen molar-refractivity contribution in [3.63, 3.8) is 0 Å². The van der Waals surface area contributed by atoms with Crippen LogP contribution in [0.25, 0.3) is 0 Å². The Morgan fingerprint density at radius 3 is 2.21 bits per heavy atom. The largest absolute Gasteiger partial charge is 0.457 e. The summed E-state index contributed by atoms with van der Waals surface area (Å²) in [4.78, 5) is 16.0. The number of benzene rings is 3. The number of allylic oxidation sites excluding steroid dienone is 1. The van der Waals surface area contributed by atoms with E-state index >= 15 is 0 Å². The standard InChI is InChI=1S/C27H28N4O2/c1-4-27(32)31-23-11-9-10-22(19-23)30-26(28-5-2)18-20(3)29-21-14-16-25(17-15-21)33-24-12-7-6-8-13-24/h5-19,29H,2,4H2,1,3H3,(H,28,30)(H,31,32)/b20-18+. The van der Waals surface area contributed by atoms with Gasteiger partial charge in [0, 0.05) is 35.4 Å². The zero-order valence-electron chi connectivity index (χ0n) is 18.8. The first-order chi connectivity index (χ1) is 16.1. The fraction of sp³-hybridized carbons (Fsp3) is 0.111. The van der Waals surface area contributed by atoms with Gasteiger partial charge in [0.25, 0.3) is 0 Å². The van der Waals surface area contributed by atoms with E-state index in [1.54, 1.807) is 0 Å². The average Bonchev–Trinajstić information content (AvgIpc) is 2.81. The molecular weight excluding hydrogens is 412 g/mol. The molecule has 3 aromatic carbocycles. The summed E-state index contributed by atoms with van der Waals surface area (Å²) in [7, 11) is 0. The van der Waals surface area contributed by atoms with Crippen LogP contribution in [0.5, 0.6) is 11.5 Å². The Labute approximate surface area is 194 Å². The van der Waals surface area contributed by atoms with Crippen LogP contribution in [-0.2, 0) is 4.79 Å². The first-order valence-corrected chi connectivity index (χ1v) is 10.7. The number of nitrogens with one attached hydrogen (secondary N) is 3. The highest BCUT2D eigenvalue weighted by Crippen LogP contribution is 2.23. The molecule has 1 amide bonds. The maximum atomic E-state index is 11.7. The highest BCUT2D eigenvalue weighted by Gasteiger charge is 2.03. The van der Waals surface area contributed by atoms with Gasteiger partial charge in [0.15, 0.2) is 0 Å². The molecule has 3 aromatic rings. The predicted molar refractivity (Wildman–Crippen MR) is 137 cm³/mol. The van der Waals surface area contributed by atoms with E-state index in [0.29, 0.717) is 12.3 Å². The van der Waals surface area contributed by atoms with Crippen LogP contribution in [0.15, 0.2) is 108 Å². The molecule has 0 saturated carbocycles. The highest BCUT2D eigenvalue weighted by molar-refractivity contribution is 6.05. The van der Waals surface area contributed by atoms with Gasteiger partial charge in [0.05, 0.1) is 0 Å². The molecule has 3 N–H and O–H groups in total. The molecule has 0 aliphatic carbocycles. The van der Waals surface area contributed by atoms with E-state index in [-0.39, 0.29) is 5.91 Å². The highest BCUT2D eigenvalue weighted by atomic mass is 16.5. The van der Waals surface area contributed by atoms with Crippen molar-refractivity contribution in [2.24, 2.45) is 4.99 Å². The smallest absolute Gasteiger partial charge is 0.224 e. The van der Waals surface area contributed by atoms with E-state index in [1.165, 1.54) is 6.20 Å². The number of rotatable bonds is 9. The Morgan fingerprint density at radius 2 is 1.55 bits per heavy atom. The molecule has 0 atom stereocenters. The van der Waals surface area contributed by atoms with Gasteiger partial charge in [-0.2, -0.15) is 0 Å². The average molecular weight is 441 g/mol. The lowest BCUT2D eigenvalue weighted by Gasteiger charge is -2.12. The van der Waals surface area contributed by atoms with Gasteiger partial charge < -0.3 is 20.7 Å². The van der Waals surface area contributed by atoms with Crippen molar-refractivity contribution >= 4 is 28.8 Å². The van der Waals surface area contributed by atoms with E-state index in [2.05, 4.69) is 27.5 Å². The quantitative estimate of drug-likeness (QED) is 0.253. The van der Waals surface area contributed by atoms with E-state index < -0.39 is 0 Å². The molecule has 0 aliphatic heterocycles. The van der Waals surface area contributed by atoms with Crippen molar-refractivity contribution in [2.45, 2.75) is 20.3 Å². The summed E-state index contributed by atoms with van der Waals surface area (Å²) in [5.74, 6) is 2.13. The monoisotopic (exact) mass is 440 g/mol. The van der Waals surface area contributed by atoms with Crippen LogP contribution in [0.1, 0.15) is 20.3 Å². The summed E-state index contributed by atoms with van der Waals surface area (Å²) in [6.45, 7) is 7.46. The Kier molecular flexibility index (Phi) is 8.42. The maximum absolute atomic E-state index is 11.7. The molecule has 0 heterocycles. The van der Waals surface area contributed by atoms with Crippen LogP contribution in [0.2, 0.25) is 0 Å². The molecule has 0 radical (unpaired) electrons. The van der Waals surface area contributed by atoms with E-state index in [9.17, 15) is 4.79 Å². The molecular formula is C27H28N4O2. The minimum atomic E-state index is -0.0349. The van der Waals surface area contributed by atoms with Crippen molar-refractivity contribution in [1.29, 1.82) is 0 Å². The third-order valence-electron chi connectivity index (χ3n) is 4.50. The number of anilines is 3. The van der Waals surface area contributed by atoms with Gasteiger partial charge in [0.2, 0.25) is 5.91 Å². The SMILES string of the molecule is C=CN=C(/C=C(\C)Nc1ccc(Oc2ccccc2)cc1)Nc1cccc(NC(=O)CC)c1. The zero-order valence-corrected chi connectivity index (χ0v) is 18.8. The van der Waals surface area contributed by atoms with Crippen LogP contribution in [0.4, 0.5) is 17.1 Å². The van der Waals surface area contributed by atoms with Crippen LogP contribution >= 0.6 is 0 Å². The van der Waals surface area contributed by atoms with Crippen molar-refractivity contribution in [2.75, 3.05) is 16.0 Å². The van der Waals surface area contributed by atoms with E-state index in [1.807, 2.05) is 98.8 Å². The van der Waals surface area contributed by atoms with Crippen LogP contribution < -0.4 is 20.7 Å². The van der Waals surface area contributed by atoms with E-state index in [4.69, 9.17) is 4.74 Å². The molecule has 0 bridgehead atoms. The second kappa shape index (κ2) is 11.9. The summed E-state index contributed by atoms with van der Waals surface area (Å²) in [6.07, 6.45) is 3.78. The summed E-state index contributed by atoms with van der Waals surface area (Å²) in [5, 5.41) is 9.46. The molecule has 0 unspecified atom stereocenters. The molecule has 0 aromatic heterocycles. The number of ether oxygens (including phenoxy) is 1. The van der Waals surface area contributed by atoms with Gasteiger partial charge in [-0.1, -0.05) is 37.8 Å². The number of amides is 1. The Hall–Kier alpha value is -4.32. The molecule has 33 heavy (non-hydrogen) atoms. The number of carbonyl (C=O) groups excluding carboxylic acids is 1. The van der Waals surface area contributed by atoms with Crippen molar-refractivity contribution in [3.05, 3.63) is 103 Å². The molecule has 6 nitrogen and oxygen atoms in total. The normalized spacial score (nSPS) is 11.5. The minimum absolute atomic E-state index is 0.0349. The van der Waals surface area contributed by atoms with Crippen molar-refractivity contribution in [3.8, 4) is 11.5 Å². The summed E-state index contributed by atoms with van der Waals surface area (Å²) in [5.41, 5.74) is 3.33.